The van der Waals surface area contributed by atoms with Crippen LogP contribution in [-0.4, -0.2) is 18.4 Å². The smallest absolute Gasteiger partial charge is 0.261 e. The topological polar surface area (TPSA) is 58.2 Å². The van der Waals surface area contributed by atoms with Crippen molar-refractivity contribution in [2.24, 2.45) is 0 Å². The number of anilines is 1. The number of rotatable bonds is 4. The molecule has 2 amide bonds. The zero-order valence-electron chi connectivity index (χ0n) is 10.8. The van der Waals surface area contributed by atoms with Gasteiger partial charge in [0.15, 0.2) is 0 Å². The maximum Gasteiger partial charge on any atom is 0.261 e. The highest BCUT2D eigenvalue weighted by molar-refractivity contribution is 7.12. The maximum atomic E-state index is 11.7. The Hall–Kier alpha value is -1.85. The Morgan fingerprint density at radius 1 is 1.30 bits per heavy atom. The van der Waals surface area contributed by atoms with Gasteiger partial charge in [0.2, 0.25) is 5.91 Å². The maximum absolute atomic E-state index is 11.7. The van der Waals surface area contributed by atoms with Crippen LogP contribution in [-0.2, 0) is 4.79 Å². The van der Waals surface area contributed by atoms with Gasteiger partial charge in [-0.1, -0.05) is 23.7 Å². The predicted octanol–water partition coefficient (Wildman–Crippen LogP) is 3.08. The molecule has 0 atom stereocenters. The van der Waals surface area contributed by atoms with Crippen molar-refractivity contribution in [3.05, 3.63) is 51.2 Å². The molecule has 0 radical (unpaired) electrons. The third-order valence-corrected chi connectivity index (χ3v) is 3.73. The third kappa shape index (κ3) is 3.82. The summed E-state index contributed by atoms with van der Waals surface area (Å²) in [4.78, 5) is 24.0. The number of benzene rings is 1. The van der Waals surface area contributed by atoms with Crippen molar-refractivity contribution in [2.45, 2.75) is 6.92 Å². The van der Waals surface area contributed by atoms with Gasteiger partial charge in [-0.15, -0.1) is 11.3 Å². The molecule has 0 unspecified atom stereocenters. The molecule has 0 aliphatic carbocycles. The Morgan fingerprint density at radius 3 is 2.75 bits per heavy atom. The van der Waals surface area contributed by atoms with Crippen LogP contribution in [0.15, 0.2) is 35.7 Å². The average molecular weight is 309 g/mol. The van der Waals surface area contributed by atoms with Crippen LogP contribution in [0.3, 0.4) is 0 Å². The van der Waals surface area contributed by atoms with Crippen LogP contribution in [0.4, 0.5) is 5.69 Å². The lowest BCUT2D eigenvalue weighted by Crippen LogP contribution is -2.32. The molecule has 6 heteroatoms. The number of carbonyl (C=O) groups is 2. The second-order valence-corrected chi connectivity index (χ2v) is 5.55. The minimum atomic E-state index is -0.319. The molecule has 0 spiro atoms. The second-order valence-electron chi connectivity index (χ2n) is 4.19. The summed E-state index contributed by atoms with van der Waals surface area (Å²) in [5.74, 6) is -0.578. The molecule has 20 heavy (non-hydrogen) atoms. The molecule has 2 N–H and O–H groups in total. The van der Waals surface area contributed by atoms with Crippen LogP contribution >= 0.6 is 22.9 Å². The van der Waals surface area contributed by atoms with Crippen LogP contribution in [0, 0.1) is 6.92 Å². The van der Waals surface area contributed by atoms with E-state index in [1.54, 1.807) is 29.6 Å². The Morgan fingerprint density at radius 2 is 2.10 bits per heavy atom. The molecule has 0 saturated carbocycles. The molecule has 0 saturated heterocycles. The van der Waals surface area contributed by atoms with E-state index in [9.17, 15) is 9.59 Å². The molecule has 1 aromatic carbocycles. The van der Waals surface area contributed by atoms with Gasteiger partial charge in [0.1, 0.15) is 0 Å². The van der Waals surface area contributed by atoms with Crippen LogP contribution in [0.5, 0.6) is 0 Å². The van der Waals surface area contributed by atoms with E-state index in [0.717, 1.165) is 5.56 Å². The summed E-state index contributed by atoms with van der Waals surface area (Å²) in [6.07, 6.45) is 0. The van der Waals surface area contributed by atoms with Crippen LogP contribution in [0.25, 0.3) is 0 Å². The number of carbonyl (C=O) groups excluding carboxylic acids is 2. The first kappa shape index (κ1) is 14.6. The van der Waals surface area contributed by atoms with Crippen LogP contribution in [0.1, 0.15) is 15.2 Å². The summed E-state index contributed by atoms with van der Waals surface area (Å²) >= 11 is 7.34. The van der Waals surface area contributed by atoms with Crippen molar-refractivity contribution in [1.82, 2.24) is 5.32 Å². The van der Waals surface area contributed by atoms with E-state index in [2.05, 4.69) is 10.6 Å². The van der Waals surface area contributed by atoms with Gasteiger partial charge in [-0.25, -0.2) is 0 Å². The van der Waals surface area contributed by atoms with E-state index < -0.39 is 0 Å². The number of nitrogens with one attached hydrogen (secondary N) is 2. The fourth-order valence-corrected chi connectivity index (χ4v) is 2.49. The minimum absolute atomic E-state index is 0.0963. The van der Waals surface area contributed by atoms with Crippen molar-refractivity contribution in [1.29, 1.82) is 0 Å². The van der Waals surface area contributed by atoms with Gasteiger partial charge in [0, 0.05) is 0 Å². The molecule has 4 nitrogen and oxygen atoms in total. The second kappa shape index (κ2) is 6.54. The monoisotopic (exact) mass is 308 g/mol. The lowest BCUT2D eigenvalue weighted by atomic mass is 10.2. The molecule has 1 heterocycles. The highest BCUT2D eigenvalue weighted by atomic mass is 35.5. The van der Waals surface area contributed by atoms with Crippen molar-refractivity contribution in [2.75, 3.05) is 11.9 Å². The molecule has 1 aromatic heterocycles. The van der Waals surface area contributed by atoms with Gasteiger partial charge in [-0.3, -0.25) is 9.59 Å². The predicted molar refractivity (Wildman–Crippen MR) is 81.5 cm³/mol. The summed E-state index contributed by atoms with van der Waals surface area (Å²) < 4.78 is 0. The van der Waals surface area contributed by atoms with E-state index in [4.69, 9.17) is 11.6 Å². The largest absolute Gasteiger partial charge is 0.342 e. The first-order valence-electron chi connectivity index (χ1n) is 5.94. The van der Waals surface area contributed by atoms with Crippen molar-refractivity contribution >= 4 is 40.4 Å². The SMILES string of the molecule is Cc1ccc(NC(=O)CNC(=O)c2cccs2)c(Cl)c1. The van der Waals surface area contributed by atoms with Crippen LogP contribution in [0.2, 0.25) is 5.02 Å². The summed E-state index contributed by atoms with van der Waals surface area (Å²) in [6, 6.07) is 8.84. The average Bonchev–Trinajstić information content (AvgIpc) is 2.93. The summed E-state index contributed by atoms with van der Waals surface area (Å²) in [5.41, 5.74) is 1.55. The lowest BCUT2D eigenvalue weighted by Gasteiger charge is -2.08. The molecule has 0 aliphatic heterocycles. The van der Waals surface area contributed by atoms with E-state index in [1.165, 1.54) is 11.3 Å². The zero-order valence-corrected chi connectivity index (χ0v) is 12.3. The highest BCUT2D eigenvalue weighted by Gasteiger charge is 2.10. The Bertz CT molecular complexity index is 626. The first-order chi connectivity index (χ1) is 9.56. The van der Waals surface area contributed by atoms with E-state index >= 15 is 0 Å². The van der Waals surface area contributed by atoms with E-state index in [0.29, 0.717) is 15.6 Å². The zero-order chi connectivity index (χ0) is 14.5. The molecule has 0 bridgehead atoms. The van der Waals surface area contributed by atoms with Gasteiger partial charge in [-0.2, -0.15) is 0 Å². The molecule has 104 valence electrons. The highest BCUT2D eigenvalue weighted by Crippen LogP contribution is 2.22. The van der Waals surface area contributed by atoms with Gasteiger partial charge in [-0.05, 0) is 36.1 Å². The molecule has 2 rings (SSSR count). The van der Waals surface area contributed by atoms with Crippen LogP contribution < -0.4 is 10.6 Å². The number of amides is 2. The van der Waals surface area contributed by atoms with Crippen molar-refractivity contribution < 1.29 is 9.59 Å². The van der Waals surface area contributed by atoms with Crippen molar-refractivity contribution in [3.8, 4) is 0 Å². The summed E-state index contributed by atoms with van der Waals surface area (Å²) in [7, 11) is 0. The number of thiophene rings is 1. The Labute approximate surface area is 125 Å². The number of aryl methyl sites for hydroxylation is 1. The lowest BCUT2D eigenvalue weighted by molar-refractivity contribution is -0.115. The quantitative estimate of drug-likeness (QED) is 0.912. The van der Waals surface area contributed by atoms with Gasteiger partial charge < -0.3 is 10.6 Å². The van der Waals surface area contributed by atoms with Gasteiger partial charge in [0.25, 0.3) is 5.91 Å². The number of hydrogen-bond acceptors (Lipinski definition) is 3. The normalized spacial score (nSPS) is 10.1. The first-order valence-corrected chi connectivity index (χ1v) is 7.20. The Kier molecular flexibility index (Phi) is 4.76. The number of hydrogen-bond donors (Lipinski definition) is 2. The fraction of sp³-hybridized carbons (Fsp3) is 0.143. The number of halogens is 1. The minimum Gasteiger partial charge on any atom is -0.342 e. The van der Waals surface area contributed by atoms with E-state index in [-0.39, 0.29) is 18.4 Å². The molecule has 0 aliphatic rings. The molecule has 0 fully saturated rings. The molecule has 2 aromatic rings. The van der Waals surface area contributed by atoms with Crippen molar-refractivity contribution in [3.63, 3.8) is 0 Å². The summed E-state index contributed by atoms with van der Waals surface area (Å²) in [6.45, 7) is 1.82. The fourth-order valence-electron chi connectivity index (χ4n) is 1.57. The molecular weight excluding hydrogens is 296 g/mol. The standard InChI is InChI=1S/C14H13ClN2O2S/c1-9-4-5-11(10(15)7-9)17-13(18)8-16-14(19)12-3-2-6-20-12/h2-7H,8H2,1H3,(H,16,19)(H,17,18). The third-order valence-electron chi connectivity index (χ3n) is 2.55. The van der Waals surface area contributed by atoms with Gasteiger partial charge >= 0.3 is 0 Å². The summed E-state index contributed by atoms with van der Waals surface area (Å²) in [5, 5.41) is 7.49. The Balaban J connectivity index is 1.88. The molecular formula is C14H13ClN2O2S. The van der Waals surface area contributed by atoms with E-state index in [1.807, 2.05) is 13.0 Å². The van der Waals surface area contributed by atoms with Gasteiger partial charge in [0.05, 0.1) is 22.1 Å².